The summed E-state index contributed by atoms with van der Waals surface area (Å²) >= 11 is 0. The van der Waals surface area contributed by atoms with Crippen molar-refractivity contribution >= 4 is 27.1 Å². The van der Waals surface area contributed by atoms with Gasteiger partial charge in [0.1, 0.15) is 10.6 Å². The minimum Gasteiger partial charge on any atom is -0.378 e. The molecule has 2 aromatic heterocycles. The molecule has 1 saturated carbocycles. The number of pyridine rings is 1. The summed E-state index contributed by atoms with van der Waals surface area (Å²) in [5, 5.41) is 3.42. The maximum absolute atomic E-state index is 16.1. The quantitative estimate of drug-likeness (QED) is 0.657. The van der Waals surface area contributed by atoms with Crippen molar-refractivity contribution in [3.63, 3.8) is 0 Å². The summed E-state index contributed by atoms with van der Waals surface area (Å²) < 4.78 is 52.3. The van der Waals surface area contributed by atoms with Crippen molar-refractivity contribution < 1.29 is 25.2 Å². The van der Waals surface area contributed by atoms with Crippen LogP contribution in [0.2, 0.25) is 0 Å². The van der Waals surface area contributed by atoms with Crippen molar-refractivity contribution in [3.05, 3.63) is 29.8 Å². The standard InChI is InChI=1S/C23H32FN5O4S.2H2/c1-15-12-28(13-16(2)25-15)21-17-4-5-18(22(30)27-8-10-33-11-9-27)29(17)14-19(20(21)24)34(31,32)26-23(3)6-7-23;;/h4-5,14-16,25-26H,6-13H2,1-3H3;2*1H/t15-,16-;;/m0../s1. The summed E-state index contributed by atoms with van der Waals surface area (Å²) in [7, 11) is -4.14. The van der Waals surface area contributed by atoms with E-state index in [0.29, 0.717) is 63.4 Å². The molecule has 4 heterocycles. The first-order valence-corrected chi connectivity index (χ1v) is 13.3. The van der Waals surface area contributed by atoms with Gasteiger partial charge in [-0.3, -0.25) is 4.79 Å². The molecule has 0 radical (unpaired) electrons. The summed E-state index contributed by atoms with van der Waals surface area (Å²) in [6.45, 7) is 8.69. The number of aromatic nitrogens is 1. The van der Waals surface area contributed by atoms with Gasteiger partial charge in [-0.15, -0.1) is 0 Å². The lowest BCUT2D eigenvalue weighted by atomic mass is 10.1. The average Bonchev–Trinajstić information content (AvgIpc) is 3.34. The topological polar surface area (TPSA) is 95.4 Å². The van der Waals surface area contributed by atoms with Crippen LogP contribution in [-0.2, 0) is 14.8 Å². The number of carbonyl (C=O) groups excluding carboxylic acids is 1. The lowest BCUT2D eigenvalue weighted by molar-refractivity contribution is 0.0298. The number of sulfonamides is 1. The number of hydrogen-bond acceptors (Lipinski definition) is 6. The highest BCUT2D eigenvalue weighted by Gasteiger charge is 2.43. The van der Waals surface area contributed by atoms with Crippen LogP contribution in [0.1, 0.15) is 47.0 Å². The van der Waals surface area contributed by atoms with Gasteiger partial charge in [0.15, 0.2) is 5.82 Å². The van der Waals surface area contributed by atoms with Gasteiger partial charge in [-0.2, -0.15) is 0 Å². The largest absolute Gasteiger partial charge is 0.378 e. The predicted octanol–water partition coefficient (Wildman–Crippen LogP) is 2.06. The molecule has 2 saturated heterocycles. The number of morpholine rings is 1. The van der Waals surface area contributed by atoms with Crippen LogP contribution < -0.4 is 14.9 Å². The van der Waals surface area contributed by atoms with Crippen LogP contribution in [0.5, 0.6) is 0 Å². The van der Waals surface area contributed by atoms with E-state index in [1.807, 2.05) is 25.7 Å². The van der Waals surface area contributed by atoms with Crippen LogP contribution in [0, 0.1) is 5.82 Å². The Balaban J connectivity index is 0.00000180. The predicted molar refractivity (Wildman–Crippen MR) is 131 cm³/mol. The number of anilines is 1. The number of hydrogen-bond donors (Lipinski definition) is 2. The molecule has 0 spiro atoms. The smallest absolute Gasteiger partial charge is 0.270 e. The zero-order chi connectivity index (χ0) is 24.3. The van der Waals surface area contributed by atoms with E-state index in [9.17, 15) is 13.2 Å². The zero-order valence-electron chi connectivity index (χ0n) is 19.8. The third-order valence-corrected chi connectivity index (χ3v) is 8.52. The van der Waals surface area contributed by atoms with Crippen LogP contribution in [0.3, 0.4) is 0 Å². The number of carbonyl (C=O) groups is 1. The van der Waals surface area contributed by atoms with Crippen LogP contribution >= 0.6 is 0 Å². The Morgan fingerprint density at radius 2 is 1.85 bits per heavy atom. The van der Waals surface area contributed by atoms with Gasteiger partial charge < -0.3 is 24.3 Å². The van der Waals surface area contributed by atoms with E-state index >= 15 is 4.39 Å². The fourth-order valence-electron chi connectivity index (χ4n) is 4.95. The summed E-state index contributed by atoms with van der Waals surface area (Å²) in [4.78, 5) is 16.5. The summed E-state index contributed by atoms with van der Waals surface area (Å²) in [6.07, 6.45) is 2.67. The third kappa shape index (κ3) is 4.30. The maximum Gasteiger partial charge on any atom is 0.270 e. The minimum atomic E-state index is -4.14. The molecule has 3 aliphatic rings. The Morgan fingerprint density at radius 1 is 1.21 bits per heavy atom. The second-order valence-corrected chi connectivity index (χ2v) is 11.7. The Kier molecular flexibility index (Phi) is 5.86. The van der Waals surface area contributed by atoms with Crippen molar-refractivity contribution in [1.82, 2.24) is 19.3 Å². The number of amides is 1. The van der Waals surface area contributed by atoms with Gasteiger partial charge in [-0.05, 0) is 45.7 Å². The van der Waals surface area contributed by atoms with Crippen molar-refractivity contribution in [3.8, 4) is 0 Å². The Hall–Kier alpha value is -2.21. The highest BCUT2D eigenvalue weighted by atomic mass is 32.2. The van der Waals surface area contributed by atoms with Gasteiger partial charge >= 0.3 is 0 Å². The Labute approximate surface area is 202 Å². The Bertz CT molecular complexity index is 1220. The number of halogens is 1. The van der Waals surface area contributed by atoms with Crippen LogP contribution in [0.25, 0.3) is 5.52 Å². The van der Waals surface area contributed by atoms with Gasteiger partial charge in [0.25, 0.3) is 5.91 Å². The lowest BCUT2D eigenvalue weighted by Crippen LogP contribution is -2.54. The zero-order valence-corrected chi connectivity index (χ0v) is 20.6. The highest BCUT2D eigenvalue weighted by molar-refractivity contribution is 7.89. The molecule has 0 aromatic carbocycles. The van der Waals surface area contributed by atoms with E-state index in [1.54, 1.807) is 17.0 Å². The normalized spacial score (nSPS) is 25.1. The third-order valence-electron chi connectivity index (χ3n) is 6.89. The van der Waals surface area contributed by atoms with Crippen molar-refractivity contribution in [2.24, 2.45) is 0 Å². The number of nitrogens with zero attached hydrogens (tertiary/aromatic N) is 3. The molecular formula is C23H36FN5O4S. The van der Waals surface area contributed by atoms with Crippen molar-refractivity contribution in [1.29, 1.82) is 0 Å². The van der Waals surface area contributed by atoms with Crippen molar-refractivity contribution in [2.45, 2.75) is 56.1 Å². The molecule has 5 rings (SSSR count). The van der Waals surface area contributed by atoms with E-state index in [1.165, 1.54) is 10.6 Å². The number of nitrogens with one attached hydrogen (secondary N) is 2. The molecule has 3 fully saturated rings. The van der Waals surface area contributed by atoms with E-state index in [0.717, 1.165) is 0 Å². The molecule has 0 bridgehead atoms. The van der Waals surface area contributed by atoms with Gasteiger partial charge in [0, 0.05) is 52.9 Å². The van der Waals surface area contributed by atoms with Crippen LogP contribution in [0.15, 0.2) is 23.2 Å². The number of rotatable bonds is 5. The van der Waals surface area contributed by atoms with Crippen LogP contribution in [-0.4, -0.2) is 80.6 Å². The van der Waals surface area contributed by atoms with Crippen LogP contribution in [0.4, 0.5) is 10.1 Å². The Morgan fingerprint density at radius 3 is 2.47 bits per heavy atom. The summed E-state index contributed by atoms with van der Waals surface area (Å²) in [6, 6.07) is 3.54. The molecule has 2 N–H and O–H groups in total. The molecule has 1 aliphatic carbocycles. The molecule has 11 heteroatoms. The molecular weight excluding hydrogens is 461 g/mol. The van der Waals surface area contributed by atoms with Gasteiger partial charge in [0.05, 0.1) is 24.4 Å². The molecule has 1 amide bonds. The first kappa shape index (κ1) is 23.5. The monoisotopic (exact) mass is 497 g/mol. The maximum atomic E-state index is 16.1. The van der Waals surface area contributed by atoms with E-state index in [-0.39, 0.29) is 26.5 Å². The van der Waals surface area contributed by atoms with Gasteiger partial charge in [-0.1, -0.05) is 0 Å². The molecule has 2 aromatic rings. The molecule has 9 nitrogen and oxygen atoms in total. The minimum absolute atomic E-state index is 0. The number of ether oxygens (including phenoxy) is 1. The highest BCUT2D eigenvalue weighted by Crippen LogP contribution is 2.38. The molecule has 190 valence electrons. The molecule has 2 atom stereocenters. The SMILES string of the molecule is C[C@H]1CN(c2c(F)c(S(=O)(=O)NC3(C)CC3)cn3c(C(=O)N4CCOCC4)ccc23)C[C@H](C)N1.[HH].[HH]. The first-order chi connectivity index (χ1) is 16.1. The summed E-state index contributed by atoms with van der Waals surface area (Å²) in [5.41, 5.74) is 0.447. The van der Waals surface area contributed by atoms with E-state index < -0.39 is 26.3 Å². The average molecular weight is 498 g/mol. The number of piperazine rings is 1. The second-order valence-electron chi connectivity index (χ2n) is 10.1. The summed E-state index contributed by atoms with van der Waals surface area (Å²) in [5.74, 6) is -1.01. The molecule has 0 unspecified atom stereocenters. The molecule has 2 aliphatic heterocycles. The van der Waals surface area contributed by atoms with Gasteiger partial charge in [0.2, 0.25) is 10.0 Å². The molecule has 34 heavy (non-hydrogen) atoms. The van der Waals surface area contributed by atoms with E-state index in [4.69, 9.17) is 4.74 Å². The fraction of sp³-hybridized carbons (Fsp3) is 0.609. The number of fused-ring (bicyclic) bond motifs is 1. The van der Waals surface area contributed by atoms with Crippen molar-refractivity contribution in [2.75, 3.05) is 44.3 Å². The van der Waals surface area contributed by atoms with Gasteiger partial charge in [-0.25, -0.2) is 17.5 Å². The second kappa shape index (κ2) is 8.47. The fourth-order valence-corrected chi connectivity index (χ4v) is 6.49. The van der Waals surface area contributed by atoms with E-state index in [2.05, 4.69) is 10.0 Å². The lowest BCUT2D eigenvalue weighted by Gasteiger charge is -2.38. The first-order valence-electron chi connectivity index (χ1n) is 11.8.